The summed E-state index contributed by atoms with van der Waals surface area (Å²) < 4.78 is 0. The fourth-order valence-corrected chi connectivity index (χ4v) is 2.35. The number of benzene rings is 3. The normalized spacial score (nSPS) is 10.4. The second kappa shape index (κ2) is 3.97. The molecule has 2 heteroatoms. The van der Waals surface area contributed by atoms with Crippen LogP contribution in [0, 0.1) is 11.3 Å². The van der Waals surface area contributed by atoms with E-state index in [-0.39, 0.29) is 0 Å². The summed E-state index contributed by atoms with van der Waals surface area (Å²) in [7, 11) is 0. The van der Waals surface area contributed by atoms with Gasteiger partial charge >= 0.3 is 0 Å². The summed E-state index contributed by atoms with van der Waals surface area (Å²) in [6, 6.07) is 17.3. The van der Waals surface area contributed by atoms with E-state index in [0.717, 1.165) is 27.8 Å². The van der Waals surface area contributed by atoms with Crippen LogP contribution in [0.2, 0.25) is 0 Å². The number of rotatable bonds is 1. The summed E-state index contributed by atoms with van der Waals surface area (Å²) in [6.45, 7) is 0. The molecule has 0 bridgehead atoms. The zero-order valence-electron chi connectivity index (χ0n) is 9.55. The van der Waals surface area contributed by atoms with Gasteiger partial charge in [0.1, 0.15) is 0 Å². The number of carbonyl (C=O) groups is 1. The van der Waals surface area contributed by atoms with Gasteiger partial charge in [-0.1, -0.05) is 36.4 Å². The van der Waals surface area contributed by atoms with Crippen molar-refractivity contribution in [2.45, 2.75) is 0 Å². The van der Waals surface area contributed by atoms with Crippen LogP contribution in [-0.4, -0.2) is 6.29 Å². The Kier molecular flexibility index (Phi) is 2.32. The number of nitrogens with zero attached hydrogens (tertiary/aromatic N) is 1. The average Bonchev–Trinajstić information content (AvgIpc) is 2.44. The fourth-order valence-electron chi connectivity index (χ4n) is 2.35. The van der Waals surface area contributed by atoms with Crippen LogP contribution in [0.4, 0.5) is 0 Å². The molecule has 3 rings (SSSR count). The van der Waals surface area contributed by atoms with Crippen LogP contribution in [-0.2, 0) is 0 Å². The van der Waals surface area contributed by atoms with E-state index in [9.17, 15) is 4.79 Å². The number of aldehydes is 1. The minimum atomic E-state index is 0.598. The first-order valence-electron chi connectivity index (χ1n) is 5.65. The highest BCUT2D eigenvalue weighted by Crippen LogP contribution is 2.29. The standard InChI is InChI=1S/C16H9NO/c17-9-12-5-3-7-14-15(12)8-11-4-1-2-6-13(11)16(14)10-18/h1-8,10H. The first kappa shape index (κ1) is 10.5. The van der Waals surface area contributed by atoms with Gasteiger partial charge in [-0.3, -0.25) is 4.79 Å². The van der Waals surface area contributed by atoms with E-state index in [2.05, 4.69) is 6.07 Å². The first-order valence-corrected chi connectivity index (χ1v) is 5.65. The molecule has 2 nitrogen and oxygen atoms in total. The van der Waals surface area contributed by atoms with E-state index < -0.39 is 0 Å². The van der Waals surface area contributed by atoms with E-state index in [1.807, 2.05) is 42.5 Å². The molecule has 0 aliphatic rings. The summed E-state index contributed by atoms with van der Waals surface area (Å²) in [5.41, 5.74) is 1.25. The summed E-state index contributed by atoms with van der Waals surface area (Å²) in [5, 5.41) is 12.7. The zero-order valence-corrected chi connectivity index (χ0v) is 9.55. The molecule has 84 valence electrons. The van der Waals surface area contributed by atoms with Crippen molar-refractivity contribution in [3.8, 4) is 6.07 Å². The molecule has 3 aromatic carbocycles. The Morgan fingerprint density at radius 3 is 2.50 bits per heavy atom. The van der Waals surface area contributed by atoms with Gasteiger partial charge in [0.25, 0.3) is 0 Å². The number of hydrogen-bond donors (Lipinski definition) is 0. The molecule has 18 heavy (non-hydrogen) atoms. The highest BCUT2D eigenvalue weighted by atomic mass is 16.1. The molecule has 3 aromatic rings. The highest BCUT2D eigenvalue weighted by molar-refractivity contribution is 6.13. The van der Waals surface area contributed by atoms with Crippen LogP contribution in [0.1, 0.15) is 15.9 Å². The fraction of sp³-hybridized carbons (Fsp3) is 0. The van der Waals surface area contributed by atoms with Crippen LogP contribution in [0.25, 0.3) is 21.5 Å². The Hall–Kier alpha value is -2.66. The van der Waals surface area contributed by atoms with Gasteiger partial charge in [0.05, 0.1) is 11.6 Å². The molecule has 0 amide bonds. The molecule has 0 fully saturated rings. The number of nitriles is 1. The lowest BCUT2D eigenvalue weighted by atomic mass is 9.95. The smallest absolute Gasteiger partial charge is 0.151 e. The topological polar surface area (TPSA) is 40.9 Å². The predicted molar refractivity (Wildman–Crippen MR) is 71.6 cm³/mol. The lowest BCUT2D eigenvalue weighted by molar-refractivity contribution is 0.112. The van der Waals surface area contributed by atoms with Gasteiger partial charge < -0.3 is 0 Å². The van der Waals surface area contributed by atoms with Crippen LogP contribution >= 0.6 is 0 Å². The first-order chi connectivity index (χ1) is 8.85. The zero-order chi connectivity index (χ0) is 12.5. The maximum Gasteiger partial charge on any atom is 0.151 e. The van der Waals surface area contributed by atoms with Crippen molar-refractivity contribution in [3.05, 3.63) is 59.7 Å². The third-order valence-corrected chi connectivity index (χ3v) is 3.19. The number of hydrogen-bond acceptors (Lipinski definition) is 2. The van der Waals surface area contributed by atoms with Gasteiger partial charge in [0.2, 0.25) is 0 Å². The molecular weight excluding hydrogens is 222 g/mol. The molecule has 0 aliphatic heterocycles. The molecule has 0 N–H and O–H groups in total. The monoisotopic (exact) mass is 231 g/mol. The Balaban J connectivity index is 2.63. The van der Waals surface area contributed by atoms with Gasteiger partial charge in [0.15, 0.2) is 6.29 Å². The van der Waals surface area contributed by atoms with E-state index in [0.29, 0.717) is 11.1 Å². The molecule has 0 spiro atoms. The molecule has 0 saturated carbocycles. The van der Waals surface area contributed by atoms with Gasteiger partial charge in [-0.05, 0) is 28.3 Å². The third kappa shape index (κ3) is 1.38. The highest BCUT2D eigenvalue weighted by Gasteiger charge is 2.08. The van der Waals surface area contributed by atoms with E-state index >= 15 is 0 Å². The minimum absolute atomic E-state index is 0.598. The molecule has 0 unspecified atom stereocenters. The Morgan fingerprint density at radius 2 is 1.72 bits per heavy atom. The number of carbonyl (C=O) groups excluding carboxylic acids is 1. The van der Waals surface area contributed by atoms with E-state index in [1.54, 1.807) is 6.07 Å². The second-order valence-electron chi connectivity index (χ2n) is 4.14. The summed E-state index contributed by atoms with van der Waals surface area (Å²) in [5.74, 6) is 0. The van der Waals surface area contributed by atoms with E-state index in [1.165, 1.54) is 0 Å². The minimum Gasteiger partial charge on any atom is -0.298 e. The predicted octanol–water partition coefficient (Wildman–Crippen LogP) is 3.68. The van der Waals surface area contributed by atoms with Crippen LogP contribution in [0.3, 0.4) is 0 Å². The molecule has 0 aliphatic carbocycles. The molecule has 0 heterocycles. The summed E-state index contributed by atoms with van der Waals surface area (Å²) >= 11 is 0. The van der Waals surface area contributed by atoms with Crippen LogP contribution in [0.15, 0.2) is 48.5 Å². The van der Waals surface area contributed by atoms with Gasteiger partial charge in [-0.2, -0.15) is 5.26 Å². The second-order valence-corrected chi connectivity index (χ2v) is 4.14. The third-order valence-electron chi connectivity index (χ3n) is 3.19. The molecule has 0 aromatic heterocycles. The number of fused-ring (bicyclic) bond motifs is 2. The SMILES string of the molecule is N#Cc1cccc2c(C=O)c3ccccc3cc12. The van der Waals surface area contributed by atoms with Crippen molar-refractivity contribution in [1.29, 1.82) is 5.26 Å². The lowest BCUT2D eigenvalue weighted by Crippen LogP contribution is -1.89. The molecule has 0 radical (unpaired) electrons. The molecular formula is C16H9NO. The van der Waals surface area contributed by atoms with Crippen LogP contribution in [0.5, 0.6) is 0 Å². The van der Waals surface area contributed by atoms with Gasteiger partial charge in [0, 0.05) is 10.9 Å². The lowest BCUT2D eigenvalue weighted by Gasteiger charge is -2.07. The Bertz CT molecular complexity index is 812. The van der Waals surface area contributed by atoms with E-state index in [4.69, 9.17) is 5.26 Å². The Morgan fingerprint density at radius 1 is 0.944 bits per heavy atom. The van der Waals surface area contributed by atoms with Crippen molar-refractivity contribution in [1.82, 2.24) is 0 Å². The maximum atomic E-state index is 11.4. The maximum absolute atomic E-state index is 11.4. The van der Waals surface area contributed by atoms with Crippen molar-refractivity contribution in [2.75, 3.05) is 0 Å². The largest absolute Gasteiger partial charge is 0.298 e. The van der Waals surface area contributed by atoms with Crippen molar-refractivity contribution in [3.63, 3.8) is 0 Å². The summed E-state index contributed by atoms with van der Waals surface area (Å²) in [6.07, 6.45) is 0.867. The Labute approximate surface area is 104 Å². The quantitative estimate of drug-likeness (QED) is 0.473. The van der Waals surface area contributed by atoms with Crippen molar-refractivity contribution < 1.29 is 4.79 Å². The molecule has 0 atom stereocenters. The van der Waals surface area contributed by atoms with Gasteiger partial charge in [-0.15, -0.1) is 0 Å². The van der Waals surface area contributed by atoms with Crippen LogP contribution < -0.4 is 0 Å². The summed E-state index contributed by atoms with van der Waals surface area (Å²) in [4.78, 5) is 11.4. The van der Waals surface area contributed by atoms with Crippen molar-refractivity contribution in [2.24, 2.45) is 0 Å². The van der Waals surface area contributed by atoms with Crippen molar-refractivity contribution >= 4 is 27.8 Å². The average molecular weight is 231 g/mol. The van der Waals surface area contributed by atoms with Gasteiger partial charge in [-0.25, -0.2) is 0 Å². The molecule has 0 saturated heterocycles.